The zero-order valence-electron chi connectivity index (χ0n) is 10.9. The molecule has 2 aromatic rings. The first-order valence-corrected chi connectivity index (χ1v) is 6.56. The van der Waals surface area contributed by atoms with Gasteiger partial charge in [-0.15, -0.1) is 0 Å². The summed E-state index contributed by atoms with van der Waals surface area (Å²) in [5.74, 6) is -0.503. The lowest BCUT2D eigenvalue weighted by Gasteiger charge is -2.10. The van der Waals surface area contributed by atoms with Gasteiger partial charge in [-0.25, -0.2) is 4.79 Å². The number of carbonyl (C=O) groups is 1. The molecular formula is C15H12Cl2O3. The van der Waals surface area contributed by atoms with Gasteiger partial charge in [-0.3, -0.25) is 0 Å². The fraction of sp³-hybridized carbons (Fsp3) is 0.133. The summed E-state index contributed by atoms with van der Waals surface area (Å²) in [5, 5.41) is 9.98. The molecule has 0 saturated carbocycles. The van der Waals surface area contributed by atoms with Crippen molar-refractivity contribution in [1.82, 2.24) is 0 Å². The van der Waals surface area contributed by atoms with Crippen molar-refractivity contribution in [3.8, 4) is 16.9 Å². The van der Waals surface area contributed by atoms with Crippen LogP contribution in [0.25, 0.3) is 11.1 Å². The van der Waals surface area contributed by atoms with E-state index >= 15 is 0 Å². The number of carboxylic acids is 1. The van der Waals surface area contributed by atoms with E-state index in [2.05, 4.69) is 0 Å². The van der Waals surface area contributed by atoms with Crippen LogP contribution in [0.1, 0.15) is 15.9 Å². The highest BCUT2D eigenvalue weighted by molar-refractivity contribution is 6.36. The van der Waals surface area contributed by atoms with E-state index in [9.17, 15) is 4.79 Å². The highest BCUT2D eigenvalue weighted by Crippen LogP contribution is 2.37. The third-order valence-electron chi connectivity index (χ3n) is 2.88. The van der Waals surface area contributed by atoms with Crippen molar-refractivity contribution in [1.29, 1.82) is 0 Å². The van der Waals surface area contributed by atoms with E-state index in [1.807, 2.05) is 13.0 Å². The van der Waals surface area contributed by atoms with Crippen molar-refractivity contribution in [2.24, 2.45) is 0 Å². The van der Waals surface area contributed by atoms with Crippen LogP contribution >= 0.6 is 23.2 Å². The van der Waals surface area contributed by atoms with Crippen LogP contribution in [0.15, 0.2) is 30.3 Å². The van der Waals surface area contributed by atoms with Gasteiger partial charge in [0.2, 0.25) is 0 Å². The van der Waals surface area contributed by atoms with Crippen molar-refractivity contribution in [2.75, 3.05) is 7.11 Å². The molecule has 0 amide bonds. The number of aryl methyl sites for hydroxylation is 1. The molecule has 0 radical (unpaired) electrons. The summed E-state index contributed by atoms with van der Waals surface area (Å²) in [4.78, 5) is 11.1. The fourth-order valence-electron chi connectivity index (χ4n) is 1.97. The summed E-state index contributed by atoms with van der Waals surface area (Å²) in [6.07, 6.45) is 0. The smallest absolute Gasteiger partial charge is 0.335 e. The lowest BCUT2D eigenvalue weighted by atomic mass is 10.00. The quantitative estimate of drug-likeness (QED) is 0.895. The molecule has 0 bridgehead atoms. The molecule has 0 aliphatic carbocycles. The lowest BCUT2D eigenvalue weighted by Crippen LogP contribution is -1.97. The van der Waals surface area contributed by atoms with E-state index in [1.165, 1.54) is 7.11 Å². The molecule has 0 aliphatic rings. The highest BCUT2D eigenvalue weighted by atomic mass is 35.5. The van der Waals surface area contributed by atoms with E-state index < -0.39 is 5.97 Å². The van der Waals surface area contributed by atoms with Crippen LogP contribution in [0.2, 0.25) is 10.0 Å². The van der Waals surface area contributed by atoms with E-state index in [0.717, 1.165) is 5.56 Å². The number of ether oxygens (including phenoxy) is 1. The molecular weight excluding hydrogens is 299 g/mol. The number of hydrogen-bond donors (Lipinski definition) is 1. The molecule has 0 unspecified atom stereocenters. The van der Waals surface area contributed by atoms with Crippen LogP contribution in [-0.2, 0) is 0 Å². The Labute approximate surface area is 126 Å². The monoisotopic (exact) mass is 310 g/mol. The number of hydrogen-bond acceptors (Lipinski definition) is 2. The summed E-state index contributed by atoms with van der Waals surface area (Å²) >= 11 is 12.3. The molecule has 20 heavy (non-hydrogen) atoms. The van der Waals surface area contributed by atoms with Crippen molar-refractivity contribution in [3.05, 3.63) is 51.5 Å². The predicted octanol–water partition coefficient (Wildman–Crippen LogP) is 4.68. The standard InChI is InChI=1S/C15H12Cl2O3/c1-8-3-9(5-10(4-8)15(18)19)11-6-13(17)14(20-2)7-12(11)16/h3-7H,1-2H3,(H,18,19). The summed E-state index contributed by atoms with van der Waals surface area (Å²) in [6.45, 7) is 1.83. The van der Waals surface area contributed by atoms with Gasteiger partial charge in [-0.05, 0) is 36.2 Å². The molecule has 0 fully saturated rings. The van der Waals surface area contributed by atoms with Gasteiger partial charge >= 0.3 is 5.97 Å². The molecule has 0 aliphatic heterocycles. The van der Waals surface area contributed by atoms with Gasteiger partial charge in [-0.2, -0.15) is 0 Å². The van der Waals surface area contributed by atoms with Gasteiger partial charge in [0.15, 0.2) is 0 Å². The molecule has 0 atom stereocenters. The summed E-state index contributed by atoms with van der Waals surface area (Å²) in [7, 11) is 1.51. The fourth-order valence-corrected chi connectivity index (χ4v) is 2.47. The second kappa shape index (κ2) is 5.73. The number of aromatic carboxylic acids is 1. The maximum atomic E-state index is 11.1. The summed E-state index contributed by atoms with van der Waals surface area (Å²) in [6, 6.07) is 8.31. The Kier molecular flexibility index (Phi) is 4.21. The van der Waals surface area contributed by atoms with Gasteiger partial charge in [-0.1, -0.05) is 29.3 Å². The number of methoxy groups -OCH3 is 1. The second-order valence-corrected chi connectivity index (χ2v) is 5.17. The van der Waals surface area contributed by atoms with E-state index in [-0.39, 0.29) is 5.56 Å². The maximum absolute atomic E-state index is 11.1. The van der Waals surface area contributed by atoms with Gasteiger partial charge < -0.3 is 9.84 Å². The number of rotatable bonds is 3. The second-order valence-electron chi connectivity index (χ2n) is 4.36. The van der Waals surface area contributed by atoms with Crippen molar-refractivity contribution in [3.63, 3.8) is 0 Å². The third kappa shape index (κ3) is 2.89. The molecule has 104 valence electrons. The van der Waals surface area contributed by atoms with Gasteiger partial charge in [0.1, 0.15) is 5.75 Å². The number of halogens is 2. The minimum Gasteiger partial charge on any atom is -0.495 e. The average Bonchev–Trinajstić information content (AvgIpc) is 2.40. The molecule has 2 rings (SSSR count). The molecule has 0 saturated heterocycles. The van der Waals surface area contributed by atoms with Crippen molar-refractivity contribution < 1.29 is 14.6 Å². The van der Waals surface area contributed by atoms with Gasteiger partial charge in [0.05, 0.1) is 22.7 Å². The Morgan fingerprint density at radius 1 is 1.10 bits per heavy atom. The Hall–Kier alpha value is -1.71. The Morgan fingerprint density at radius 3 is 2.40 bits per heavy atom. The molecule has 5 heteroatoms. The zero-order valence-corrected chi connectivity index (χ0v) is 12.4. The topological polar surface area (TPSA) is 46.5 Å². The SMILES string of the molecule is COc1cc(Cl)c(-c2cc(C)cc(C(=O)O)c2)cc1Cl. The van der Waals surface area contributed by atoms with Crippen molar-refractivity contribution >= 4 is 29.2 Å². The number of carboxylic acid groups (broad SMARTS) is 1. The minimum atomic E-state index is -0.981. The van der Waals surface area contributed by atoms with Crippen LogP contribution < -0.4 is 4.74 Å². The Morgan fingerprint density at radius 2 is 1.80 bits per heavy atom. The normalized spacial score (nSPS) is 10.4. The van der Waals surface area contributed by atoms with Crippen LogP contribution in [0.3, 0.4) is 0 Å². The average molecular weight is 311 g/mol. The van der Waals surface area contributed by atoms with Crippen LogP contribution in [0.5, 0.6) is 5.75 Å². The first-order chi connectivity index (χ1) is 9.42. The van der Waals surface area contributed by atoms with Crippen LogP contribution in [-0.4, -0.2) is 18.2 Å². The highest BCUT2D eigenvalue weighted by Gasteiger charge is 2.12. The third-order valence-corrected chi connectivity index (χ3v) is 3.48. The maximum Gasteiger partial charge on any atom is 0.335 e. The summed E-state index contributed by atoms with van der Waals surface area (Å²) in [5.41, 5.74) is 2.42. The first-order valence-electron chi connectivity index (χ1n) is 5.80. The predicted molar refractivity (Wildman–Crippen MR) is 80.1 cm³/mol. The van der Waals surface area contributed by atoms with Crippen molar-refractivity contribution in [2.45, 2.75) is 6.92 Å². The van der Waals surface area contributed by atoms with Gasteiger partial charge in [0, 0.05) is 11.6 Å². The molecule has 3 nitrogen and oxygen atoms in total. The largest absolute Gasteiger partial charge is 0.495 e. The van der Waals surface area contributed by atoms with Gasteiger partial charge in [0.25, 0.3) is 0 Å². The molecule has 1 N–H and O–H groups in total. The van der Waals surface area contributed by atoms with Crippen LogP contribution in [0.4, 0.5) is 0 Å². The Bertz CT molecular complexity index is 681. The summed E-state index contributed by atoms with van der Waals surface area (Å²) < 4.78 is 5.09. The minimum absolute atomic E-state index is 0.211. The van der Waals surface area contributed by atoms with Crippen LogP contribution in [0, 0.1) is 6.92 Å². The van der Waals surface area contributed by atoms with E-state index in [0.29, 0.717) is 26.9 Å². The Balaban J connectivity index is 2.62. The molecule has 0 spiro atoms. The first kappa shape index (κ1) is 14.7. The lowest BCUT2D eigenvalue weighted by molar-refractivity contribution is 0.0697. The molecule has 0 aromatic heterocycles. The van der Waals surface area contributed by atoms with E-state index in [4.69, 9.17) is 33.0 Å². The zero-order chi connectivity index (χ0) is 14.9. The van der Waals surface area contributed by atoms with E-state index in [1.54, 1.807) is 24.3 Å². The molecule has 2 aromatic carbocycles. The number of benzene rings is 2. The molecule has 0 heterocycles.